The Hall–Kier alpha value is -2.81. The van der Waals surface area contributed by atoms with E-state index in [1.165, 1.54) is 5.56 Å². The van der Waals surface area contributed by atoms with Crippen molar-refractivity contribution in [1.82, 2.24) is 4.98 Å². The van der Waals surface area contributed by atoms with Gasteiger partial charge in [-0.2, -0.15) is 0 Å². The van der Waals surface area contributed by atoms with Crippen LogP contribution >= 0.6 is 0 Å². The Morgan fingerprint density at radius 1 is 0.952 bits per heavy atom. The summed E-state index contributed by atoms with van der Waals surface area (Å²) < 4.78 is 0. The topological polar surface area (TPSA) is 50.9 Å². The Morgan fingerprint density at radius 2 is 1.67 bits per heavy atom. The number of nitrogens with zero attached hydrogens (tertiary/aromatic N) is 1. The number of hydrogen-bond donors (Lipinski definition) is 2. The average molecular weight is 275 g/mol. The minimum absolute atomic E-state index is 0.705. The van der Waals surface area contributed by atoms with E-state index in [0.29, 0.717) is 5.69 Å². The first-order valence-electron chi connectivity index (χ1n) is 6.87. The summed E-state index contributed by atoms with van der Waals surface area (Å²) >= 11 is 0. The molecule has 3 N–H and O–H groups in total. The van der Waals surface area contributed by atoms with Crippen molar-refractivity contribution in [3.05, 3.63) is 72.4 Å². The van der Waals surface area contributed by atoms with Crippen molar-refractivity contribution in [1.29, 1.82) is 0 Å². The average Bonchev–Trinajstić information content (AvgIpc) is 2.52. The van der Waals surface area contributed by atoms with Crippen molar-refractivity contribution < 1.29 is 0 Å². The van der Waals surface area contributed by atoms with Crippen LogP contribution < -0.4 is 11.1 Å². The van der Waals surface area contributed by atoms with Crippen LogP contribution in [0.3, 0.4) is 0 Å². The Morgan fingerprint density at radius 3 is 2.43 bits per heavy atom. The van der Waals surface area contributed by atoms with E-state index in [9.17, 15) is 0 Å². The lowest BCUT2D eigenvalue weighted by Gasteiger charge is -2.12. The normalized spacial score (nSPS) is 10.3. The van der Waals surface area contributed by atoms with Gasteiger partial charge in [0.1, 0.15) is 5.82 Å². The third-order valence-corrected chi connectivity index (χ3v) is 3.43. The van der Waals surface area contributed by atoms with Crippen molar-refractivity contribution in [2.45, 2.75) is 6.92 Å². The molecule has 3 nitrogen and oxygen atoms in total. The minimum atomic E-state index is 0.705. The molecule has 3 heteroatoms. The molecule has 104 valence electrons. The number of aromatic nitrogens is 1. The highest BCUT2D eigenvalue weighted by molar-refractivity contribution is 5.80. The molecule has 0 amide bonds. The van der Waals surface area contributed by atoms with E-state index in [1.54, 1.807) is 6.20 Å². The molecule has 0 aliphatic carbocycles. The molecule has 0 saturated heterocycles. The van der Waals surface area contributed by atoms with Gasteiger partial charge in [0, 0.05) is 11.3 Å². The third-order valence-electron chi connectivity index (χ3n) is 3.43. The second-order valence-electron chi connectivity index (χ2n) is 4.96. The lowest BCUT2D eigenvalue weighted by atomic mass is 10.0. The number of aryl methyl sites for hydroxylation is 1. The predicted molar refractivity (Wildman–Crippen MR) is 88.5 cm³/mol. The molecule has 0 unspecified atom stereocenters. The maximum Gasteiger partial charge on any atom is 0.130 e. The summed E-state index contributed by atoms with van der Waals surface area (Å²) in [4.78, 5) is 4.33. The zero-order valence-corrected chi connectivity index (χ0v) is 11.9. The number of nitrogen functional groups attached to an aromatic ring is 1. The van der Waals surface area contributed by atoms with Gasteiger partial charge in [-0.3, -0.25) is 0 Å². The van der Waals surface area contributed by atoms with E-state index in [4.69, 9.17) is 5.73 Å². The number of para-hydroxylation sites is 1. The molecule has 0 radical (unpaired) electrons. The molecule has 0 bridgehead atoms. The summed E-state index contributed by atoms with van der Waals surface area (Å²) in [6.07, 6.45) is 1.68. The van der Waals surface area contributed by atoms with Gasteiger partial charge < -0.3 is 11.1 Å². The second-order valence-corrected chi connectivity index (χ2v) is 4.96. The lowest BCUT2D eigenvalue weighted by Crippen LogP contribution is -1.98. The van der Waals surface area contributed by atoms with Gasteiger partial charge in [0.2, 0.25) is 0 Å². The van der Waals surface area contributed by atoms with Crippen LogP contribution in [0.5, 0.6) is 0 Å². The molecule has 0 atom stereocenters. The molecular formula is C18H17N3. The largest absolute Gasteiger partial charge is 0.397 e. The van der Waals surface area contributed by atoms with Crippen molar-refractivity contribution in [2.24, 2.45) is 0 Å². The summed E-state index contributed by atoms with van der Waals surface area (Å²) in [6.45, 7) is 1.98. The van der Waals surface area contributed by atoms with Gasteiger partial charge in [-0.1, -0.05) is 48.5 Å². The standard InChI is InChI=1S/C18H17N3/c1-13-11-18(20-12-16(13)19)21-17-10-6-5-9-15(17)14-7-3-2-4-8-14/h2-12H,19H2,1H3,(H,20,21). The first-order valence-corrected chi connectivity index (χ1v) is 6.87. The van der Waals surface area contributed by atoms with E-state index < -0.39 is 0 Å². The number of benzene rings is 2. The number of rotatable bonds is 3. The molecule has 0 aliphatic rings. The maximum atomic E-state index is 5.81. The molecule has 0 spiro atoms. The van der Waals surface area contributed by atoms with Crippen LogP contribution in [0.1, 0.15) is 5.56 Å². The molecule has 21 heavy (non-hydrogen) atoms. The van der Waals surface area contributed by atoms with Crippen molar-refractivity contribution in [2.75, 3.05) is 11.1 Å². The summed E-state index contributed by atoms with van der Waals surface area (Å²) in [5.74, 6) is 0.796. The number of nitrogens with one attached hydrogen (secondary N) is 1. The van der Waals surface area contributed by atoms with Gasteiger partial charge in [-0.25, -0.2) is 4.98 Å². The molecule has 0 fully saturated rings. The van der Waals surface area contributed by atoms with Crippen LogP contribution in [0.25, 0.3) is 11.1 Å². The molecule has 3 rings (SSSR count). The highest BCUT2D eigenvalue weighted by Crippen LogP contribution is 2.29. The maximum absolute atomic E-state index is 5.81. The Bertz CT molecular complexity index is 751. The van der Waals surface area contributed by atoms with E-state index in [2.05, 4.69) is 34.6 Å². The Kier molecular flexibility index (Phi) is 3.56. The Balaban J connectivity index is 1.98. The van der Waals surface area contributed by atoms with Crippen molar-refractivity contribution in [3.8, 4) is 11.1 Å². The van der Waals surface area contributed by atoms with Gasteiger partial charge >= 0.3 is 0 Å². The SMILES string of the molecule is Cc1cc(Nc2ccccc2-c2ccccc2)ncc1N. The van der Waals surface area contributed by atoms with Crippen LogP contribution in [-0.2, 0) is 0 Å². The molecular weight excluding hydrogens is 258 g/mol. The van der Waals surface area contributed by atoms with E-state index in [1.807, 2.05) is 43.3 Å². The zero-order valence-electron chi connectivity index (χ0n) is 11.9. The summed E-state index contributed by atoms with van der Waals surface area (Å²) in [6, 6.07) is 20.5. The summed E-state index contributed by atoms with van der Waals surface area (Å²) in [5, 5.41) is 3.37. The number of pyridine rings is 1. The smallest absolute Gasteiger partial charge is 0.130 e. The van der Waals surface area contributed by atoms with Gasteiger partial charge in [-0.05, 0) is 30.2 Å². The molecule has 0 aliphatic heterocycles. The molecule has 1 aromatic heterocycles. The summed E-state index contributed by atoms with van der Waals surface area (Å²) in [7, 11) is 0. The van der Waals surface area contributed by atoms with E-state index in [-0.39, 0.29) is 0 Å². The van der Waals surface area contributed by atoms with Crippen LogP contribution in [-0.4, -0.2) is 4.98 Å². The van der Waals surface area contributed by atoms with Gasteiger partial charge in [0.25, 0.3) is 0 Å². The second kappa shape index (κ2) is 5.67. The molecule has 1 heterocycles. The Labute approximate surface area is 124 Å². The van der Waals surface area contributed by atoms with E-state index >= 15 is 0 Å². The van der Waals surface area contributed by atoms with E-state index in [0.717, 1.165) is 22.6 Å². The zero-order chi connectivity index (χ0) is 14.7. The molecule has 0 saturated carbocycles. The van der Waals surface area contributed by atoms with Gasteiger partial charge in [0.05, 0.1) is 11.9 Å². The fourth-order valence-corrected chi connectivity index (χ4v) is 2.23. The summed E-state index contributed by atoms with van der Waals surface area (Å²) in [5.41, 5.74) is 10.9. The highest BCUT2D eigenvalue weighted by atomic mass is 15.0. The van der Waals surface area contributed by atoms with Gasteiger partial charge in [0.15, 0.2) is 0 Å². The van der Waals surface area contributed by atoms with Crippen LogP contribution in [0.15, 0.2) is 66.9 Å². The van der Waals surface area contributed by atoms with Gasteiger partial charge in [-0.15, -0.1) is 0 Å². The highest BCUT2D eigenvalue weighted by Gasteiger charge is 2.05. The number of hydrogen-bond acceptors (Lipinski definition) is 3. The first-order chi connectivity index (χ1) is 10.2. The van der Waals surface area contributed by atoms with Crippen molar-refractivity contribution in [3.63, 3.8) is 0 Å². The third kappa shape index (κ3) is 2.87. The molecule has 2 aromatic carbocycles. The van der Waals surface area contributed by atoms with Crippen LogP contribution in [0, 0.1) is 6.92 Å². The minimum Gasteiger partial charge on any atom is -0.397 e. The molecule has 3 aromatic rings. The quantitative estimate of drug-likeness (QED) is 0.745. The number of nitrogens with two attached hydrogens (primary N) is 1. The lowest BCUT2D eigenvalue weighted by molar-refractivity contribution is 1.28. The predicted octanol–water partition coefficient (Wildman–Crippen LogP) is 4.38. The first kappa shape index (κ1) is 13.2. The van der Waals surface area contributed by atoms with Crippen molar-refractivity contribution >= 4 is 17.2 Å². The number of anilines is 3. The monoisotopic (exact) mass is 275 g/mol. The van der Waals surface area contributed by atoms with Crippen LogP contribution in [0.4, 0.5) is 17.2 Å². The fourth-order valence-electron chi connectivity index (χ4n) is 2.23. The fraction of sp³-hybridized carbons (Fsp3) is 0.0556. The van der Waals surface area contributed by atoms with Crippen LogP contribution in [0.2, 0.25) is 0 Å².